The molecule has 0 unspecified atom stereocenters. The number of hydrogen-bond donors (Lipinski definition) is 0. The average molecular weight is 376 g/mol. The van der Waals surface area contributed by atoms with Crippen LogP contribution >= 0.6 is 0 Å². The van der Waals surface area contributed by atoms with Crippen molar-refractivity contribution in [3.05, 3.63) is 41.0 Å². The third-order valence-electron chi connectivity index (χ3n) is 4.39. The van der Waals surface area contributed by atoms with Gasteiger partial charge in [-0.2, -0.15) is 31.6 Å². The molecule has 0 spiro atoms. The molecule has 3 nitrogen and oxygen atoms in total. The lowest BCUT2D eigenvalue weighted by Crippen LogP contribution is -2.52. The van der Waals surface area contributed by atoms with Crippen molar-refractivity contribution in [2.24, 2.45) is 0 Å². The summed E-state index contributed by atoms with van der Waals surface area (Å²) in [5, 5.41) is 9.17. The monoisotopic (exact) mass is 376 g/mol. The van der Waals surface area contributed by atoms with Crippen molar-refractivity contribution in [3.8, 4) is 6.07 Å². The minimum Gasteiger partial charge on any atom is -0.323 e. The molecule has 0 radical (unpaired) electrons. The lowest BCUT2D eigenvalue weighted by Gasteiger charge is -2.42. The number of alkyl halides is 6. The van der Waals surface area contributed by atoms with Gasteiger partial charge in [0.25, 0.3) is 0 Å². The first-order valence-electron chi connectivity index (χ1n) is 7.56. The molecule has 1 aliphatic rings. The molecule has 0 bridgehead atoms. The Hall–Kier alpha value is -2.50. The summed E-state index contributed by atoms with van der Waals surface area (Å²) in [6.45, 7) is 0. The van der Waals surface area contributed by atoms with Gasteiger partial charge in [0.05, 0.1) is 17.2 Å². The Morgan fingerprint density at radius 3 is 1.96 bits per heavy atom. The van der Waals surface area contributed by atoms with Crippen LogP contribution in [0.2, 0.25) is 0 Å². The molecule has 140 valence electrons. The number of nitriles is 1. The normalized spacial score (nSPS) is 16.8. The number of rotatable bonds is 3. The van der Waals surface area contributed by atoms with Gasteiger partial charge >= 0.3 is 12.4 Å². The van der Waals surface area contributed by atoms with E-state index in [9.17, 15) is 36.4 Å². The van der Waals surface area contributed by atoms with Gasteiger partial charge in [0.15, 0.2) is 0 Å². The molecule has 0 atom stereocenters. The van der Waals surface area contributed by atoms with Gasteiger partial charge in [-0.15, -0.1) is 0 Å². The molecular formula is C17H14F6N2O. The van der Waals surface area contributed by atoms with Crippen LogP contribution in [0.4, 0.5) is 26.3 Å². The van der Waals surface area contributed by atoms with E-state index in [0.29, 0.717) is 25.0 Å². The third-order valence-corrected chi connectivity index (χ3v) is 4.39. The zero-order chi connectivity index (χ0) is 19.8. The van der Waals surface area contributed by atoms with E-state index in [-0.39, 0.29) is 6.07 Å². The summed E-state index contributed by atoms with van der Waals surface area (Å²) in [5.41, 5.74) is -4.29. The number of carbonyl (C=O) groups excluding carboxylic acids is 1. The van der Waals surface area contributed by atoms with Crippen LogP contribution in [0.5, 0.6) is 0 Å². The smallest absolute Gasteiger partial charge is 0.323 e. The van der Waals surface area contributed by atoms with Crippen LogP contribution < -0.4 is 0 Å². The zero-order valence-electron chi connectivity index (χ0n) is 13.6. The molecule has 9 heteroatoms. The van der Waals surface area contributed by atoms with Crippen molar-refractivity contribution < 1.29 is 31.1 Å². The molecule has 1 aliphatic carbocycles. The minimum absolute atomic E-state index is 0.0182. The summed E-state index contributed by atoms with van der Waals surface area (Å²) in [6, 6.07) is 3.10. The molecule has 1 fully saturated rings. The maximum absolute atomic E-state index is 12.8. The van der Waals surface area contributed by atoms with E-state index in [0.717, 1.165) is 23.5 Å². The van der Waals surface area contributed by atoms with Gasteiger partial charge in [-0.3, -0.25) is 4.79 Å². The highest BCUT2D eigenvalue weighted by Gasteiger charge is 2.43. The molecule has 1 amide bonds. The lowest BCUT2D eigenvalue weighted by atomic mass is 9.76. The van der Waals surface area contributed by atoms with Gasteiger partial charge < -0.3 is 4.90 Å². The summed E-state index contributed by atoms with van der Waals surface area (Å²) in [7, 11) is 1.38. The standard InChI is InChI=1S/C17H14F6N2O/c1-25(15(10-24)5-2-6-15)14(26)4-3-11-7-12(16(18,19)20)9-13(8-11)17(21,22)23/h3-4,7-9H,2,5-6H2,1H3/b4-3+. The minimum atomic E-state index is -4.96. The summed E-state index contributed by atoms with van der Waals surface area (Å²) >= 11 is 0. The largest absolute Gasteiger partial charge is 0.416 e. The Kier molecular flexibility index (Phi) is 5.08. The number of likely N-dealkylation sites (N-methyl/N-ethyl adjacent to an activating group) is 1. The second kappa shape index (κ2) is 6.67. The fourth-order valence-electron chi connectivity index (χ4n) is 2.60. The van der Waals surface area contributed by atoms with Crippen molar-refractivity contribution in [3.63, 3.8) is 0 Å². The van der Waals surface area contributed by atoms with Gasteiger partial charge in [0.2, 0.25) is 5.91 Å². The first-order chi connectivity index (χ1) is 11.9. The number of nitrogens with zero attached hydrogens (tertiary/aromatic N) is 2. The first kappa shape index (κ1) is 19.8. The van der Waals surface area contributed by atoms with Gasteiger partial charge in [0, 0.05) is 13.1 Å². The second-order valence-electron chi connectivity index (χ2n) is 6.07. The van der Waals surface area contributed by atoms with Gasteiger partial charge in [0.1, 0.15) is 5.54 Å². The van der Waals surface area contributed by atoms with Crippen molar-refractivity contribution in [2.75, 3.05) is 7.05 Å². The fourth-order valence-corrected chi connectivity index (χ4v) is 2.60. The molecule has 1 aromatic carbocycles. The van der Waals surface area contributed by atoms with E-state index in [1.165, 1.54) is 7.05 Å². The highest BCUT2D eigenvalue weighted by Crippen LogP contribution is 2.37. The lowest BCUT2D eigenvalue weighted by molar-refractivity contribution is -0.143. The van der Waals surface area contributed by atoms with Crippen LogP contribution in [0.1, 0.15) is 36.0 Å². The second-order valence-corrected chi connectivity index (χ2v) is 6.07. The number of hydrogen-bond acceptors (Lipinski definition) is 2. The predicted molar refractivity (Wildman–Crippen MR) is 80.4 cm³/mol. The number of benzene rings is 1. The Bertz CT molecular complexity index is 737. The van der Waals surface area contributed by atoms with Crippen molar-refractivity contribution >= 4 is 12.0 Å². The molecule has 26 heavy (non-hydrogen) atoms. The van der Waals surface area contributed by atoms with E-state index in [4.69, 9.17) is 0 Å². The van der Waals surface area contributed by atoms with Crippen LogP contribution in [0, 0.1) is 11.3 Å². The highest BCUT2D eigenvalue weighted by molar-refractivity contribution is 5.92. The van der Waals surface area contributed by atoms with E-state index >= 15 is 0 Å². The van der Waals surface area contributed by atoms with Crippen molar-refractivity contribution in [1.29, 1.82) is 5.26 Å². The molecule has 2 rings (SSSR count). The Balaban J connectivity index is 2.32. The number of halogens is 6. The van der Waals surface area contributed by atoms with Crippen LogP contribution in [0.3, 0.4) is 0 Å². The predicted octanol–water partition coefficient (Wildman–Crippen LogP) is 4.64. The average Bonchev–Trinajstić information content (AvgIpc) is 2.50. The Labute approximate surface area is 145 Å². The maximum Gasteiger partial charge on any atom is 0.416 e. The van der Waals surface area contributed by atoms with Crippen LogP contribution in [-0.4, -0.2) is 23.4 Å². The highest BCUT2D eigenvalue weighted by atomic mass is 19.4. The van der Waals surface area contributed by atoms with Crippen molar-refractivity contribution in [1.82, 2.24) is 4.90 Å². The molecule has 1 aromatic rings. The topological polar surface area (TPSA) is 44.1 Å². The summed E-state index contributed by atoms with van der Waals surface area (Å²) in [6.07, 6.45) is -6.46. The molecule has 0 saturated heterocycles. The third kappa shape index (κ3) is 4.00. The van der Waals surface area contributed by atoms with E-state index in [1.54, 1.807) is 0 Å². The van der Waals surface area contributed by atoms with Crippen molar-refractivity contribution in [2.45, 2.75) is 37.2 Å². The molecular weight excluding hydrogens is 362 g/mol. The van der Waals surface area contributed by atoms with Crippen LogP contribution in [-0.2, 0) is 17.1 Å². The van der Waals surface area contributed by atoms with Crippen LogP contribution in [0.15, 0.2) is 24.3 Å². The molecule has 0 aliphatic heterocycles. The summed E-state index contributed by atoms with van der Waals surface area (Å²) in [5.74, 6) is -0.669. The Morgan fingerprint density at radius 1 is 1.12 bits per heavy atom. The van der Waals surface area contributed by atoms with Crippen LogP contribution in [0.25, 0.3) is 6.08 Å². The number of carbonyl (C=O) groups is 1. The van der Waals surface area contributed by atoms with E-state index < -0.39 is 40.5 Å². The van der Waals surface area contributed by atoms with Gasteiger partial charge in [-0.1, -0.05) is 0 Å². The first-order valence-corrected chi connectivity index (χ1v) is 7.56. The fraction of sp³-hybridized carbons (Fsp3) is 0.412. The molecule has 1 saturated carbocycles. The maximum atomic E-state index is 12.8. The quantitative estimate of drug-likeness (QED) is 0.570. The molecule has 0 N–H and O–H groups in total. The molecule has 0 heterocycles. The van der Waals surface area contributed by atoms with Gasteiger partial charge in [-0.05, 0) is 49.1 Å². The van der Waals surface area contributed by atoms with E-state index in [1.807, 2.05) is 6.07 Å². The Morgan fingerprint density at radius 2 is 1.62 bits per heavy atom. The molecule has 0 aromatic heterocycles. The van der Waals surface area contributed by atoms with E-state index in [2.05, 4.69) is 0 Å². The van der Waals surface area contributed by atoms with Gasteiger partial charge in [-0.25, -0.2) is 0 Å². The SMILES string of the molecule is CN(C(=O)/C=C/c1cc(C(F)(F)F)cc(C(F)(F)F)c1)C1(C#N)CCC1. The zero-order valence-corrected chi connectivity index (χ0v) is 13.6. The number of amides is 1. The summed E-state index contributed by atoms with van der Waals surface area (Å²) < 4.78 is 76.9. The summed E-state index contributed by atoms with van der Waals surface area (Å²) in [4.78, 5) is 13.3.